The lowest BCUT2D eigenvalue weighted by atomic mass is 9.67. The third-order valence-corrected chi connectivity index (χ3v) is 7.12. The number of benzene rings is 5. The van der Waals surface area contributed by atoms with Crippen molar-refractivity contribution in [3.63, 3.8) is 0 Å². The predicted molar refractivity (Wildman–Crippen MR) is 143 cm³/mol. The highest BCUT2D eigenvalue weighted by Gasteiger charge is 2.57. The molecule has 0 aromatic heterocycles. The standard InChI is InChI=1S/C35H23/c1-4-14-24(15-5-1)31-32(25-16-6-2-7-17-25)34-29-22-12-10-20-27(29)28-21-11-13-23-30(28)35(34)33(31)26-18-8-3-9-19-26/h1-23H. The lowest BCUT2D eigenvalue weighted by Gasteiger charge is -2.34. The van der Waals surface area contributed by atoms with E-state index in [0.29, 0.717) is 0 Å². The lowest BCUT2D eigenvalue weighted by Crippen LogP contribution is -2.21. The molecule has 0 saturated heterocycles. The van der Waals surface area contributed by atoms with Gasteiger partial charge in [0.15, 0.2) is 0 Å². The van der Waals surface area contributed by atoms with Gasteiger partial charge in [0, 0.05) is 29.6 Å². The third-order valence-electron chi connectivity index (χ3n) is 7.12. The van der Waals surface area contributed by atoms with E-state index < -0.39 is 0 Å². The van der Waals surface area contributed by atoms with Crippen molar-refractivity contribution >= 4 is 0 Å². The van der Waals surface area contributed by atoms with Gasteiger partial charge in [-0.15, -0.1) is 0 Å². The summed E-state index contributed by atoms with van der Waals surface area (Å²) >= 11 is 0. The molecule has 163 valence electrons. The number of fused-ring (bicyclic) bond motifs is 6. The van der Waals surface area contributed by atoms with Crippen molar-refractivity contribution in [1.82, 2.24) is 0 Å². The maximum Gasteiger partial charge on any atom is 0.0305 e. The van der Waals surface area contributed by atoms with E-state index in [9.17, 15) is 0 Å². The molecule has 0 atom stereocenters. The van der Waals surface area contributed by atoms with Gasteiger partial charge >= 0.3 is 0 Å². The van der Waals surface area contributed by atoms with Crippen LogP contribution in [0.4, 0.5) is 0 Å². The van der Waals surface area contributed by atoms with E-state index in [0.717, 1.165) is 0 Å². The molecule has 0 amide bonds. The van der Waals surface area contributed by atoms with Gasteiger partial charge < -0.3 is 0 Å². The Hall–Kier alpha value is -3.90. The number of hydrogen-bond acceptors (Lipinski definition) is 0. The molecule has 0 N–H and O–H groups in total. The summed E-state index contributed by atoms with van der Waals surface area (Å²) in [6.07, 6.45) is 0. The fourth-order valence-corrected chi connectivity index (χ4v) is 5.72. The van der Waals surface area contributed by atoms with Gasteiger partial charge in [-0.3, -0.25) is 0 Å². The summed E-state index contributed by atoms with van der Waals surface area (Å²) in [6.45, 7) is 0. The number of hydrogen-bond donors (Lipinski definition) is 0. The molecule has 0 unspecified atom stereocenters. The van der Waals surface area contributed by atoms with Crippen molar-refractivity contribution in [1.29, 1.82) is 0 Å². The van der Waals surface area contributed by atoms with E-state index in [4.69, 9.17) is 0 Å². The molecule has 2 aliphatic rings. The molecule has 0 heteroatoms. The monoisotopic (exact) mass is 443 g/mol. The molecule has 0 heterocycles. The Morgan fingerprint density at radius 1 is 0.200 bits per heavy atom. The Balaban J connectivity index is 1.57. The van der Waals surface area contributed by atoms with Crippen LogP contribution in [0.3, 0.4) is 0 Å². The zero-order valence-electron chi connectivity index (χ0n) is 19.3. The van der Waals surface area contributed by atoms with Crippen LogP contribution in [0.2, 0.25) is 0 Å². The van der Waals surface area contributed by atoms with Crippen LogP contribution in [0.5, 0.6) is 0 Å². The fourth-order valence-electron chi connectivity index (χ4n) is 5.72. The highest BCUT2D eigenvalue weighted by atomic mass is 14.6. The molecule has 5 radical (unpaired) electrons. The summed E-state index contributed by atoms with van der Waals surface area (Å²) in [6, 6.07) is 50.4. The highest BCUT2D eigenvalue weighted by Crippen LogP contribution is 2.67. The molecule has 7 rings (SSSR count). The van der Waals surface area contributed by atoms with Gasteiger partial charge in [0.25, 0.3) is 0 Å². The van der Waals surface area contributed by atoms with E-state index >= 15 is 0 Å². The van der Waals surface area contributed by atoms with E-state index in [1.165, 1.54) is 68.5 Å². The molecule has 0 nitrogen and oxygen atoms in total. The van der Waals surface area contributed by atoms with Crippen LogP contribution in [0, 0.1) is 29.6 Å². The van der Waals surface area contributed by atoms with Crippen LogP contribution < -0.4 is 0 Å². The minimum atomic E-state index is 1.24. The van der Waals surface area contributed by atoms with Crippen molar-refractivity contribution < 1.29 is 0 Å². The van der Waals surface area contributed by atoms with Crippen molar-refractivity contribution in [3.05, 3.63) is 197 Å². The minimum Gasteiger partial charge on any atom is -0.0622 e. The van der Waals surface area contributed by atoms with Crippen LogP contribution in [-0.4, -0.2) is 0 Å². The zero-order chi connectivity index (χ0) is 23.2. The summed E-state index contributed by atoms with van der Waals surface area (Å²) < 4.78 is 0. The fraction of sp³-hybridized carbons (Fsp3) is 0. The normalized spacial score (nSPS) is 16.6. The van der Waals surface area contributed by atoms with Gasteiger partial charge in [0.05, 0.1) is 0 Å². The van der Waals surface area contributed by atoms with Crippen LogP contribution in [0.15, 0.2) is 140 Å². The molecule has 0 bridgehead atoms. The second kappa shape index (κ2) is 8.40. The summed E-state index contributed by atoms with van der Waals surface area (Å²) in [5.41, 5.74) is 8.96. The quantitative estimate of drug-likeness (QED) is 0.264. The first kappa shape index (κ1) is 20.5. The van der Waals surface area contributed by atoms with E-state index in [2.05, 4.69) is 140 Å². The third kappa shape index (κ3) is 3.21. The van der Waals surface area contributed by atoms with Crippen molar-refractivity contribution in [2.24, 2.45) is 0 Å². The molecular formula is C35H23. The summed E-state index contributed by atoms with van der Waals surface area (Å²) in [5, 5.41) is 0. The summed E-state index contributed by atoms with van der Waals surface area (Å²) in [5.74, 6) is 6.60. The second-order valence-electron chi connectivity index (χ2n) is 9.06. The first-order valence-corrected chi connectivity index (χ1v) is 12.1. The molecule has 0 aliphatic heterocycles. The molecule has 5 aromatic rings. The average Bonchev–Trinajstić information content (AvgIpc) is 3.31. The zero-order valence-corrected chi connectivity index (χ0v) is 19.3. The van der Waals surface area contributed by atoms with E-state index in [1.54, 1.807) is 0 Å². The molecule has 5 aromatic carbocycles. The molecule has 1 saturated carbocycles. The largest absolute Gasteiger partial charge is 0.0622 e. The molecule has 1 fully saturated rings. The van der Waals surface area contributed by atoms with Gasteiger partial charge in [-0.2, -0.15) is 0 Å². The van der Waals surface area contributed by atoms with Crippen molar-refractivity contribution in [3.8, 4) is 11.1 Å². The Labute approximate surface area is 207 Å². The van der Waals surface area contributed by atoms with Crippen molar-refractivity contribution in [2.75, 3.05) is 0 Å². The summed E-state index contributed by atoms with van der Waals surface area (Å²) in [7, 11) is 0. The lowest BCUT2D eigenvalue weighted by molar-refractivity contribution is 1.04. The van der Waals surface area contributed by atoms with Gasteiger partial charge in [-0.1, -0.05) is 140 Å². The van der Waals surface area contributed by atoms with Crippen LogP contribution in [0.25, 0.3) is 11.1 Å². The number of rotatable bonds is 3. The second-order valence-corrected chi connectivity index (χ2v) is 9.06. The first-order chi connectivity index (χ1) is 17.4. The predicted octanol–water partition coefficient (Wildman–Crippen LogP) is 8.09. The van der Waals surface area contributed by atoms with Crippen LogP contribution >= 0.6 is 0 Å². The smallest absolute Gasteiger partial charge is 0.0305 e. The first-order valence-electron chi connectivity index (χ1n) is 12.1. The van der Waals surface area contributed by atoms with Gasteiger partial charge in [0.1, 0.15) is 0 Å². The summed E-state index contributed by atoms with van der Waals surface area (Å²) in [4.78, 5) is 0. The Morgan fingerprint density at radius 2 is 0.457 bits per heavy atom. The molecule has 35 heavy (non-hydrogen) atoms. The van der Waals surface area contributed by atoms with Gasteiger partial charge in [-0.05, 0) is 38.9 Å². The molecule has 0 spiro atoms. The maximum absolute atomic E-state index is 2.29. The molecular weight excluding hydrogens is 420 g/mol. The van der Waals surface area contributed by atoms with E-state index in [1.807, 2.05) is 0 Å². The topological polar surface area (TPSA) is 0 Å². The maximum atomic E-state index is 2.29. The van der Waals surface area contributed by atoms with Crippen LogP contribution in [0.1, 0.15) is 27.8 Å². The minimum absolute atomic E-state index is 1.24. The molecule has 2 aliphatic carbocycles. The Bertz CT molecular complexity index is 1280. The highest BCUT2D eigenvalue weighted by molar-refractivity contribution is 5.94. The van der Waals surface area contributed by atoms with Gasteiger partial charge in [-0.25, -0.2) is 0 Å². The van der Waals surface area contributed by atoms with Crippen molar-refractivity contribution in [2.45, 2.75) is 0 Å². The average molecular weight is 444 g/mol. The van der Waals surface area contributed by atoms with Gasteiger partial charge in [0.2, 0.25) is 0 Å². The Morgan fingerprint density at radius 3 is 0.800 bits per heavy atom. The SMILES string of the molecule is c1ccc([C]2[C](c3ccccc3)[C]3[C]([C]2c2ccccc2)c2ccccc2-c2ccccc23)cc1. The van der Waals surface area contributed by atoms with E-state index in [-0.39, 0.29) is 0 Å². The van der Waals surface area contributed by atoms with Crippen LogP contribution in [-0.2, 0) is 0 Å². The Kier molecular flexibility index (Phi) is 4.91.